The number of nitrogens with two attached hydrogens (primary N) is 1. The zero-order valence-corrected chi connectivity index (χ0v) is 45.8. The standard InChI is InChI=1S/C58H71F2N9O12/c1-36(64-57(79)81-35-39-19-13-8-14-20-39)53(75)66-46(30-51(74)80-34-38-17-11-7-12-18-38)56(78)67-45(29-48(61)71)55(77)65-44(54(76)63-25-23-49(72)62-5)24-26-69(50(73)33-70)52(58(2,3)4)47-27-40(42-28-41(59)21-22-43(42)60)32-68(47)31-37-15-9-6-10-16-37/h6-22,27-28,32,36,44-46,52,55,65,70,77H,23-26,29-31,33-35H2,1-5H3,(H2,61,71)(H,62,72)(H,63,76)(H,64,79)(H,66,75)(H,67,78)/t36-,44-,45-,46-,52-,55?/m0/s1. The van der Waals surface area contributed by atoms with E-state index in [0.29, 0.717) is 16.8 Å². The molecule has 6 atom stereocenters. The van der Waals surface area contributed by atoms with Crippen LogP contribution in [-0.2, 0) is 62.8 Å². The van der Waals surface area contributed by atoms with E-state index in [9.17, 15) is 53.0 Å². The summed E-state index contributed by atoms with van der Waals surface area (Å²) in [6, 6.07) is 23.8. The first kappa shape index (κ1) is 63.3. The number of carbonyl (C=O) groups is 8. The molecule has 10 N–H and O–H groups in total. The van der Waals surface area contributed by atoms with Crippen molar-refractivity contribution in [2.24, 2.45) is 11.1 Å². The highest BCUT2D eigenvalue weighted by Crippen LogP contribution is 2.41. The van der Waals surface area contributed by atoms with Gasteiger partial charge in [-0.3, -0.25) is 38.9 Å². The molecule has 0 radical (unpaired) electrons. The fourth-order valence-electron chi connectivity index (χ4n) is 8.75. The van der Waals surface area contributed by atoms with Crippen molar-refractivity contribution in [2.75, 3.05) is 26.7 Å². The van der Waals surface area contributed by atoms with E-state index in [1.165, 1.54) is 18.9 Å². The van der Waals surface area contributed by atoms with Crippen molar-refractivity contribution < 1.29 is 66.8 Å². The molecule has 0 spiro atoms. The molecule has 4 aromatic carbocycles. The molecule has 0 aliphatic carbocycles. The van der Waals surface area contributed by atoms with Gasteiger partial charge in [0.05, 0.1) is 31.0 Å². The topological polar surface area (TPSA) is 302 Å². The highest BCUT2D eigenvalue weighted by Gasteiger charge is 2.39. The first-order valence-electron chi connectivity index (χ1n) is 26.1. The highest BCUT2D eigenvalue weighted by molar-refractivity contribution is 5.94. The van der Waals surface area contributed by atoms with E-state index < -0.39 is 120 Å². The van der Waals surface area contributed by atoms with Gasteiger partial charge in [-0.15, -0.1) is 0 Å². The molecule has 1 unspecified atom stereocenters. The number of esters is 1. The van der Waals surface area contributed by atoms with E-state index in [2.05, 4.69) is 31.9 Å². The quantitative estimate of drug-likeness (QED) is 0.0245. The minimum absolute atomic E-state index is 0.0555. The highest BCUT2D eigenvalue weighted by atomic mass is 19.1. The van der Waals surface area contributed by atoms with E-state index in [0.717, 1.165) is 23.8 Å². The van der Waals surface area contributed by atoms with Gasteiger partial charge in [0.2, 0.25) is 35.4 Å². The van der Waals surface area contributed by atoms with Gasteiger partial charge >= 0.3 is 12.1 Å². The van der Waals surface area contributed by atoms with Gasteiger partial charge in [0.25, 0.3) is 0 Å². The number of benzene rings is 4. The molecule has 21 nitrogen and oxygen atoms in total. The lowest BCUT2D eigenvalue weighted by Crippen LogP contribution is -2.61. The average Bonchev–Trinajstić information content (AvgIpc) is 3.85. The minimum atomic E-state index is -2.04. The monoisotopic (exact) mass is 1120 g/mol. The molecule has 0 saturated heterocycles. The molecule has 81 heavy (non-hydrogen) atoms. The van der Waals surface area contributed by atoms with E-state index in [1.54, 1.807) is 77.5 Å². The van der Waals surface area contributed by atoms with Crippen LogP contribution in [0.5, 0.6) is 0 Å². The summed E-state index contributed by atoms with van der Waals surface area (Å²) in [4.78, 5) is 108. The van der Waals surface area contributed by atoms with Gasteiger partial charge in [0.15, 0.2) is 0 Å². The molecule has 1 heterocycles. The Labute approximate surface area is 468 Å². The van der Waals surface area contributed by atoms with Crippen LogP contribution in [0.3, 0.4) is 0 Å². The SMILES string of the molecule is CNC(=O)CCNC(=O)[C@H](CCN(C(=O)CO)[C@@H](c1cc(-c2cc(F)ccc2F)cn1Cc1ccccc1)C(C)(C)C)NC(O)[C@H](CC(N)=O)NC(=O)[C@H](CC(=O)OCc1ccccc1)NC(=O)[C@H](C)NC(=O)OCc1ccccc1. The van der Waals surface area contributed by atoms with Gasteiger partial charge in [-0.05, 0) is 59.7 Å². The second-order valence-corrected chi connectivity index (χ2v) is 20.2. The molecule has 23 heteroatoms. The first-order chi connectivity index (χ1) is 38.6. The third-order valence-corrected chi connectivity index (χ3v) is 12.8. The van der Waals surface area contributed by atoms with E-state index in [4.69, 9.17) is 15.2 Å². The largest absolute Gasteiger partial charge is 0.461 e. The lowest BCUT2D eigenvalue weighted by atomic mass is 9.82. The maximum absolute atomic E-state index is 15.4. The lowest BCUT2D eigenvalue weighted by molar-refractivity contribution is -0.148. The number of hydrogen-bond donors (Lipinski definition) is 9. The Kier molecular flexibility index (Phi) is 24.0. The molecule has 0 bridgehead atoms. The van der Waals surface area contributed by atoms with Crippen molar-refractivity contribution in [3.63, 3.8) is 0 Å². The van der Waals surface area contributed by atoms with Crippen molar-refractivity contribution in [1.29, 1.82) is 0 Å². The van der Waals surface area contributed by atoms with Crippen LogP contribution in [0.15, 0.2) is 121 Å². The molecule has 5 rings (SSSR count). The average molecular weight is 1120 g/mol. The fraction of sp³-hybridized carbons (Fsp3) is 0.379. The number of nitrogens with one attached hydrogen (secondary N) is 6. The lowest BCUT2D eigenvalue weighted by Gasteiger charge is -2.41. The Morgan fingerprint density at radius 3 is 1.93 bits per heavy atom. The molecule has 0 saturated carbocycles. The maximum atomic E-state index is 15.4. The maximum Gasteiger partial charge on any atom is 0.408 e. The molecule has 5 aromatic rings. The Hall–Kier alpha value is -8.54. The van der Waals surface area contributed by atoms with E-state index >= 15 is 4.39 Å². The number of aliphatic hydroxyl groups excluding tert-OH is 2. The minimum Gasteiger partial charge on any atom is -0.461 e. The zero-order chi connectivity index (χ0) is 59.2. The van der Waals surface area contributed by atoms with Gasteiger partial charge in [0, 0.05) is 56.1 Å². The Bertz CT molecular complexity index is 2930. The fourth-order valence-corrected chi connectivity index (χ4v) is 8.75. The van der Waals surface area contributed by atoms with Crippen molar-refractivity contribution >= 4 is 47.5 Å². The third kappa shape index (κ3) is 20.0. The normalized spacial score (nSPS) is 13.4. The number of amides is 7. The predicted octanol–water partition coefficient (Wildman–Crippen LogP) is 3.60. The van der Waals surface area contributed by atoms with Crippen LogP contribution in [0.4, 0.5) is 13.6 Å². The third-order valence-electron chi connectivity index (χ3n) is 12.8. The number of aromatic nitrogens is 1. The summed E-state index contributed by atoms with van der Waals surface area (Å²) in [5.74, 6) is -7.55. The smallest absolute Gasteiger partial charge is 0.408 e. The van der Waals surface area contributed by atoms with Crippen molar-refractivity contribution in [3.8, 4) is 11.1 Å². The number of hydrogen-bond acceptors (Lipinski definition) is 13. The zero-order valence-electron chi connectivity index (χ0n) is 45.8. The number of primary amides is 1. The van der Waals surface area contributed by atoms with Gasteiger partial charge in [-0.25, -0.2) is 13.6 Å². The van der Waals surface area contributed by atoms with Crippen LogP contribution in [-0.4, -0.2) is 124 Å². The van der Waals surface area contributed by atoms with Crippen molar-refractivity contribution in [3.05, 3.63) is 155 Å². The molecule has 0 fully saturated rings. The van der Waals surface area contributed by atoms with Crippen molar-refractivity contribution in [1.82, 2.24) is 41.4 Å². The van der Waals surface area contributed by atoms with Crippen LogP contribution < -0.4 is 37.6 Å². The van der Waals surface area contributed by atoms with Gasteiger partial charge in [0.1, 0.15) is 49.8 Å². The summed E-state index contributed by atoms with van der Waals surface area (Å²) < 4.78 is 42.5. The van der Waals surface area contributed by atoms with E-state index in [-0.39, 0.29) is 56.8 Å². The van der Waals surface area contributed by atoms with Gasteiger partial charge in [-0.1, -0.05) is 112 Å². The summed E-state index contributed by atoms with van der Waals surface area (Å²) in [6.45, 7) is 5.06. The van der Waals surface area contributed by atoms with Crippen LogP contribution >= 0.6 is 0 Å². The summed E-state index contributed by atoms with van der Waals surface area (Å²) in [5.41, 5.74) is 7.49. The van der Waals surface area contributed by atoms with Crippen LogP contribution in [0, 0.1) is 17.0 Å². The molecular weight excluding hydrogens is 1050 g/mol. The summed E-state index contributed by atoms with van der Waals surface area (Å²) in [5, 5.41) is 37.4. The van der Waals surface area contributed by atoms with Crippen LogP contribution in [0.2, 0.25) is 0 Å². The number of carbonyl (C=O) groups excluding carboxylic acids is 8. The molecule has 7 amide bonds. The molecular formula is C58H71F2N9O12. The number of rotatable bonds is 29. The molecule has 0 aliphatic heterocycles. The molecule has 1 aromatic heterocycles. The number of alkyl carbamates (subject to hydrolysis) is 1. The Morgan fingerprint density at radius 1 is 0.741 bits per heavy atom. The second kappa shape index (κ2) is 30.7. The number of aliphatic hydroxyl groups is 2. The summed E-state index contributed by atoms with van der Waals surface area (Å²) in [7, 11) is 1.40. The second-order valence-electron chi connectivity index (χ2n) is 20.2. The summed E-state index contributed by atoms with van der Waals surface area (Å²) >= 11 is 0. The van der Waals surface area contributed by atoms with Gasteiger partial charge in [-0.2, -0.15) is 0 Å². The van der Waals surface area contributed by atoms with Gasteiger partial charge < -0.3 is 61.5 Å². The van der Waals surface area contributed by atoms with Crippen LogP contribution in [0.25, 0.3) is 11.1 Å². The van der Waals surface area contributed by atoms with Crippen molar-refractivity contribution in [2.45, 2.75) is 110 Å². The molecule has 434 valence electrons. The first-order valence-corrected chi connectivity index (χ1v) is 26.1. The number of halogens is 2. The number of ether oxygens (including phenoxy) is 2. The Morgan fingerprint density at radius 2 is 1.35 bits per heavy atom. The molecule has 0 aliphatic rings. The number of nitrogens with zero attached hydrogens (tertiary/aromatic N) is 2. The predicted molar refractivity (Wildman–Crippen MR) is 293 cm³/mol. The van der Waals surface area contributed by atoms with Crippen LogP contribution in [0.1, 0.15) is 81.8 Å². The van der Waals surface area contributed by atoms with E-state index in [1.807, 2.05) is 51.1 Å². The Balaban J connectivity index is 1.45. The summed E-state index contributed by atoms with van der Waals surface area (Å²) in [6.07, 6.45) is -3.50.